The topological polar surface area (TPSA) is 55.6 Å². The van der Waals surface area contributed by atoms with E-state index in [-0.39, 0.29) is 5.54 Å². The van der Waals surface area contributed by atoms with E-state index in [0.29, 0.717) is 6.04 Å². The maximum Gasteiger partial charge on any atom is 0.176 e. The molecule has 1 N–H and O–H groups in total. The SMILES string of the molecule is Cc1ccc(-n2nnnc2C(C)(C)NC2CCCCC2)cc1. The van der Waals surface area contributed by atoms with Crippen LogP contribution in [0.15, 0.2) is 24.3 Å². The van der Waals surface area contributed by atoms with E-state index in [9.17, 15) is 0 Å². The number of tetrazole rings is 1. The Bertz CT molecular complexity index is 608. The van der Waals surface area contributed by atoms with Crippen molar-refractivity contribution in [3.63, 3.8) is 0 Å². The molecule has 22 heavy (non-hydrogen) atoms. The number of hydrogen-bond acceptors (Lipinski definition) is 4. The first kappa shape index (κ1) is 15.2. The molecule has 0 atom stereocenters. The van der Waals surface area contributed by atoms with Crippen molar-refractivity contribution in [1.82, 2.24) is 25.5 Å². The van der Waals surface area contributed by atoms with Crippen LogP contribution >= 0.6 is 0 Å². The molecule has 0 saturated heterocycles. The Balaban J connectivity index is 1.84. The van der Waals surface area contributed by atoms with Crippen LogP contribution in [0, 0.1) is 6.92 Å². The molecule has 3 rings (SSSR count). The summed E-state index contributed by atoms with van der Waals surface area (Å²) in [4.78, 5) is 0. The van der Waals surface area contributed by atoms with Crippen molar-refractivity contribution in [1.29, 1.82) is 0 Å². The largest absolute Gasteiger partial charge is 0.302 e. The van der Waals surface area contributed by atoms with E-state index < -0.39 is 0 Å². The Morgan fingerprint density at radius 3 is 2.45 bits per heavy atom. The third-order valence-corrected chi connectivity index (χ3v) is 4.48. The summed E-state index contributed by atoms with van der Waals surface area (Å²) in [6, 6.07) is 8.86. The fraction of sp³-hybridized carbons (Fsp3) is 0.588. The summed E-state index contributed by atoms with van der Waals surface area (Å²) in [7, 11) is 0. The Morgan fingerprint density at radius 2 is 1.77 bits per heavy atom. The Kier molecular flexibility index (Phi) is 4.25. The van der Waals surface area contributed by atoms with E-state index in [1.54, 1.807) is 0 Å². The minimum atomic E-state index is -0.254. The molecule has 2 aromatic rings. The van der Waals surface area contributed by atoms with Crippen LogP contribution in [-0.4, -0.2) is 26.2 Å². The number of rotatable bonds is 4. The standard InChI is InChI=1S/C17H25N5/c1-13-9-11-15(12-10-13)22-16(19-20-21-22)17(2,3)18-14-7-5-4-6-8-14/h9-12,14,18H,4-8H2,1-3H3. The van der Waals surface area contributed by atoms with Crippen LogP contribution in [0.3, 0.4) is 0 Å². The summed E-state index contributed by atoms with van der Waals surface area (Å²) in [6.45, 7) is 6.41. The molecule has 118 valence electrons. The highest BCUT2D eigenvalue weighted by atomic mass is 15.6. The molecular formula is C17H25N5. The molecule has 1 fully saturated rings. The smallest absolute Gasteiger partial charge is 0.176 e. The fourth-order valence-electron chi connectivity index (χ4n) is 3.26. The molecule has 1 aliphatic carbocycles. The minimum absolute atomic E-state index is 0.254. The summed E-state index contributed by atoms with van der Waals surface area (Å²) in [5.74, 6) is 0.863. The zero-order valence-electron chi connectivity index (χ0n) is 13.7. The van der Waals surface area contributed by atoms with Crippen molar-refractivity contribution in [3.8, 4) is 5.69 Å². The van der Waals surface area contributed by atoms with Crippen LogP contribution in [-0.2, 0) is 5.54 Å². The van der Waals surface area contributed by atoms with Gasteiger partial charge in [0.2, 0.25) is 0 Å². The first-order chi connectivity index (χ1) is 10.6. The molecule has 0 spiro atoms. The minimum Gasteiger partial charge on any atom is -0.302 e. The third-order valence-electron chi connectivity index (χ3n) is 4.48. The number of benzene rings is 1. The van der Waals surface area contributed by atoms with Crippen molar-refractivity contribution < 1.29 is 0 Å². The van der Waals surface area contributed by atoms with Gasteiger partial charge in [-0.1, -0.05) is 37.0 Å². The zero-order chi connectivity index (χ0) is 15.6. The van der Waals surface area contributed by atoms with E-state index in [0.717, 1.165) is 11.5 Å². The van der Waals surface area contributed by atoms with Gasteiger partial charge in [0.25, 0.3) is 0 Å². The van der Waals surface area contributed by atoms with Crippen molar-refractivity contribution in [2.45, 2.75) is 64.5 Å². The Hall–Kier alpha value is -1.75. The number of aromatic nitrogens is 4. The van der Waals surface area contributed by atoms with Gasteiger partial charge >= 0.3 is 0 Å². The monoisotopic (exact) mass is 299 g/mol. The van der Waals surface area contributed by atoms with Crippen molar-refractivity contribution in [2.75, 3.05) is 0 Å². The molecular weight excluding hydrogens is 274 g/mol. The molecule has 1 aliphatic rings. The molecule has 1 saturated carbocycles. The molecule has 5 nitrogen and oxygen atoms in total. The highest BCUT2D eigenvalue weighted by molar-refractivity contribution is 5.34. The van der Waals surface area contributed by atoms with Crippen molar-refractivity contribution in [2.24, 2.45) is 0 Å². The third kappa shape index (κ3) is 3.19. The van der Waals surface area contributed by atoms with Gasteiger partial charge in [-0.2, -0.15) is 4.68 Å². The predicted molar refractivity (Wildman–Crippen MR) is 86.9 cm³/mol. The molecule has 5 heteroatoms. The fourth-order valence-corrected chi connectivity index (χ4v) is 3.26. The molecule has 0 unspecified atom stereocenters. The van der Waals surface area contributed by atoms with Gasteiger partial charge in [0.1, 0.15) is 0 Å². The summed E-state index contributed by atoms with van der Waals surface area (Å²) in [5, 5.41) is 16.1. The lowest BCUT2D eigenvalue weighted by atomic mass is 9.92. The second-order valence-electron chi connectivity index (χ2n) is 6.85. The van der Waals surface area contributed by atoms with Gasteiger partial charge in [0, 0.05) is 6.04 Å². The van der Waals surface area contributed by atoms with Crippen LogP contribution in [0.4, 0.5) is 0 Å². The van der Waals surface area contributed by atoms with Gasteiger partial charge in [-0.15, -0.1) is 5.10 Å². The van der Waals surface area contributed by atoms with Gasteiger partial charge < -0.3 is 5.32 Å². The van der Waals surface area contributed by atoms with E-state index in [1.807, 2.05) is 4.68 Å². The molecule has 0 amide bonds. The summed E-state index contributed by atoms with van der Waals surface area (Å²) < 4.78 is 1.84. The van der Waals surface area contributed by atoms with Crippen LogP contribution < -0.4 is 5.32 Å². The summed E-state index contributed by atoms with van der Waals surface area (Å²) in [6.07, 6.45) is 6.48. The molecule has 1 heterocycles. The summed E-state index contributed by atoms with van der Waals surface area (Å²) in [5.41, 5.74) is 1.98. The molecule has 1 aromatic heterocycles. The second kappa shape index (κ2) is 6.16. The van der Waals surface area contributed by atoms with Crippen LogP contribution in [0.1, 0.15) is 57.3 Å². The van der Waals surface area contributed by atoms with Crippen molar-refractivity contribution in [3.05, 3.63) is 35.7 Å². The molecule has 0 bridgehead atoms. The first-order valence-electron chi connectivity index (χ1n) is 8.20. The van der Waals surface area contributed by atoms with E-state index in [4.69, 9.17) is 0 Å². The van der Waals surface area contributed by atoms with Gasteiger partial charge in [-0.3, -0.25) is 0 Å². The predicted octanol–water partition coefficient (Wildman–Crippen LogP) is 3.13. The van der Waals surface area contributed by atoms with Gasteiger partial charge in [-0.25, -0.2) is 0 Å². The lowest BCUT2D eigenvalue weighted by Crippen LogP contribution is -2.46. The molecule has 0 radical (unpaired) electrons. The maximum atomic E-state index is 4.29. The highest BCUT2D eigenvalue weighted by Crippen LogP contribution is 2.25. The molecule has 1 aromatic carbocycles. The maximum absolute atomic E-state index is 4.29. The van der Waals surface area contributed by atoms with E-state index >= 15 is 0 Å². The molecule has 0 aliphatic heterocycles. The van der Waals surface area contributed by atoms with Gasteiger partial charge in [0.05, 0.1) is 11.2 Å². The number of aryl methyl sites for hydroxylation is 1. The van der Waals surface area contributed by atoms with Crippen LogP contribution in [0.5, 0.6) is 0 Å². The number of nitrogens with one attached hydrogen (secondary N) is 1. The average molecular weight is 299 g/mol. The van der Waals surface area contributed by atoms with E-state index in [2.05, 4.69) is 65.9 Å². The van der Waals surface area contributed by atoms with Crippen LogP contribution in [0.25, 0.3) is 5.69 Å². The van der Waals surface area contributed by atoms with E-state index in [1.165, 1.54) is 37.7 Å². The lowest BCUT2D eigenvalue weighted by molar-refractivity contribution is 0.270. The second-order valence-corrected chi connectivity index (χ2v) is 6.85. The van der Waals surface area contributed by atoms with Gasteiger partial charge in [-0.05, 0) is 56.2 Å². The van der Waals surface area contributed by atoms with Crippen LogP contribution in [0.2, 0.25) is 0 Å². The first-order valence-corrected chi connectivity index (χ1v) is 8.20. The number of hydrogen-bond donors (Lipinski definition) is 1. The average Bonchev–Trinajstić information content (AvgIpc) is 2.99. The highest BCUT2D eigenvalue weighted by Gasteiger charge is 2.31. The zero-order valence-corrected chi connectivity index (χ0v) is 13.7. The Labute approximate surface area is 132 Å². The summed E-state index contributed by atoms with van der Waals surface area (Å²) >= 11 is 0. The quantitative estimate of drug-likeness (QED) is 0.942. The normalized spacial score (nSPS) is 16.9. The van der Waals surface area contributed by atoms with Gasteiger partial charge in [0.15, 0.2) is 5.82 Å². The Morgan fingerprint density at radius 1 is 1.09 bits per heavy atom. The number of nitrogens with zero attached hydrogens (tertiary/aromatic N) is 4. The lowest BCUT2D eigenvalue weighted by Gasteiger charge is -2.33. The van der Waals surface area contributed by atoms with Crippen molar-refractivity contribution >= 4 is 0 Å².